The summed E-state index contributed by atoms with van der Waals surface area (Å²) in [6.45, 7) is -0.547. The van der Waals surface area contributed by atoms with Crippen LogP contribution in [0.15, 0.2) is 46.9 Å². The number of hydrogen-bond donors (Lipinski definition) is 1. The number of fused-ring (bicyclic) bond motifs is 1. The second kappa shape index (κ2) is 10.7. The minimum atomic E-state index is -6.75. The predicted molar refractivity (Wildman–Crippen MR) is 124 cm³/mol. The van der Waals surface area contributed by atoms with E-state index < -0.39 is 93.0 Å². The van der Waals surface area contributed by atoms with Crippen molar-refractivity contribution in [2.75, 3.05) is 10.4 Å². The lowest BCUT2D eigenvalue weighted by Gasteiger charge is -2.31. The van der Waals surface area contributed by atoms with Gasteiger partial charge in [0.05, 0.1) is 28.1 Å². The summed E-state index contributed by atoms with van der Waals surface area (Å²) in [6, 6.07) is 3.34. The van der Waals surface area contributed by atoms with E-state index in [0.717, 1.165) is 24.3 Å². The molecule has 0 radical (unpaired) electrons. The first kappa shape index (κ1) is 32.1. The van der Waals surface area contributed by atoms with Crippen molar-refractivity contribution in [3.8, 4) is 0 Å². The van der Waals surface area contributed by atoms with Gasteiger partial charge in [-0.25, -0.2) is 13.8 Å². The van der Waals surface area contributed by atoms with E-state index in [-0.39, 0.29) is 17.3 Å². The molecule has 2 heterocycles. The number of nitrogens with zero attached hydrogens (tertiary/aromatic N) is 2. The van der Waals surface area contributed by atoms with Crippen LogP contribution in [-0.2, 0) is 23.3 Å². The zero-order valence-electron chi connectivity index (χ0n) is 20.3. The number of amides is 2. The fraction of sp³-hybridized carbons (Fsp3) is 0.208. The van der Waals surface area contributed by atoms with Crippen molar-refractivity contribution in [2.45, 2.75) is 30.8 Å². The number of aromatic nitrogens is 1. The molecule has 0 saturated heterocycles. The highest BCUT2D eigenvalue weighted by molar-refractivity contribution is 9.10. The highest BCUT2D eigenvalue weighted by Gasteiger charge is 2.73. The molecule has 4 rings (SSSR count). The number of carbonyl (C=O) groups excluding carboxylic acids is 2. The minimum absolute atomic E-state index is 0.156. The van der Waals surface area contributed by atoms with Crippen LogP contribution in [-0.4, -0.2) is 29.2 Å². The van der Waals surface area contributed by atoms with Gasteiger partial charge < -0.3 is 5.32 Å². The third-order valence-corrected chi connectivity index (χ3v) is 6.57. The van der Waals surface area contributed by atoms with Gasteiger partial charge in [-0.3, -0.25) is 14.4 Å². The van der Waals surface area contributed by atoms with Crippen molar-refractivity contribution in [3.05, 3.63) is 86.6 Å². The largest absolute Gasteiger partial charge is 0.435 e. The number of carbonyl (C=O) groups is 2. The van der Waals surface area contributed by atoms with E-state index in [1.54, 1.807) is 0 Å². The van der Waals surface area contributed by atoms with Crippen molar-refractivity contribution >= 4 is 39.1 Å². The Balaban J connectivity index is 1.75. The van der Waals surface area contributed by atoms with Gasteiger partial charge in [0, 0.05) is 10.0 Å². The maximum atomic E-state index is 15.4. The van der Waals surface area contributed by atoms with Crippen molar-refractivity contribution in [2.24, 2.45) is 0 Å². The topological polar surface area (TPSA) is 71.5 Å². The Morgan fingerprint density at radius 3 is 2.14 bits per heavy atom. The first-order chi connectivity index (χ1) is 19.7. The standard InChI is InChI=1S/C24H10BrF12N3O3/c25-13-7-9(21(28,23(32,33)34)24(35,36)37)6-12(22(29,30)31)18(13)39-19(41)11-2-1-3-15(17(11)27)40-20(42)10-4-5-16(26)38-14(10)8-43-40/h1-7H,8H2,(H,39,41). The second-order valence-corrected chi connectivity index (χ2v) is 9.48. The number of hydrogen-bond acceptors (Lipinski definition) is 4. The molecule has 2 aromatic carbocycles. The third kappa shape index (κ3) is 5.62. The first-order valence-corrected chi connectivity index (χ1v) is 11.9. The summed E-state index contributed by atoms with van der Waals surface area (Å²) < 4.78 is 162. The van der Waals surface area contributed by atoms with Gasteiger partial charge in [-0.2, -0.15) is 49.0 Å². The summed E-state index contributed by atoms with van der Waals surface area (Å²) in [4.78, 5) is 34.1. The molecule has 0 bridgehead atoms. The molecule has 6 nitrogen and oxygen atoms in total. The highest BCUT2D eigenvalue weighted by atomic mass is 79.9. The Labute approximate surface area is 239 Å². The van der Waals surface area contributed by atoms with E-state index in [1.807, 2.05) is 0 Å². The van der Waals surface area contributed by atoms with Crippen molar-refractivity contribution in [1.82, 2.24) is 4.98 Å². The summed E-state index contributed by atoms with van der Waals surface area (Å²) in [5.41, 5.74) is -14.8. The number of alkyl halides is 10. The molecule has 0 saturated carbocycles. The fourth-order valence-electron chi connectivity index (χ4n) is 3.93. The maximum absolute atomic E-state index is 15.4. The molecular formula is C24H10BrF12N3O3. The van der Waals surface area contributed by atoms with Gasteiger partial charge in [-0.1, -0.05) is 6.07 Å². The van der Waals surface area contributed by atoms with Crippen LogP contribution in [0.3, 0.4) is 0 Å². The average molecular weight is 696 g/mol. The summed E-state index contributed by atoms with van der Waals surface area (Å²) >= 11 is 2.33. The van der Waals surface area contributed by atoms with Gasteiger partial charge in [-0.15, -0.1) is 0 Å². The molecule has 0 fully saturated rings. The number of hydroxylamine groups is 1. The zero-order valence-corrected chi connectivity index (χ0v) is 21.9. The molecular weight excluding hydrogens is 686 g/mol. The molecule has 0 unspecified atom stereocenters. The van der Waals surface area contributed by atoms with Crippen molar-refractivity contribution in [1.29, 1.82) is 0 Å². The van der Waals surface area contributed by atoms with Gasteiger partial charge in [0.1, 0.15) is 12.3 Å². The van der Waals surface area contributed by atoms with Crippen LogP contribution < -0.4 is 10.4 Å². The van der Waals surface area contributed by atoms with Crippen LogP contribution in [0.5, 0.6) is 0 Å². The van der Waals surface area contributed by atoms with Crippen LogP contribution in [0.25, 0.3) is 0 Å². The molecule has 0 aliphatic carbocycles. The number of rotatable bonds is 4. The van der Waals surface area contributed by atoms with Gasteiger partial charge in [0.2, 0.25) is 5.95 Å². The monoisotopic (exact) mass is 695 g/mol. The Morgan fingerprint density at radius 1 is 0.930 bits per heavy atom. The Kier molecular flexibility index (Phi) is 7.97. The van der Waals surface area contributed by atoms with Gasteiger partial charge in [0.25, 0.3) is 11.8 Å². The molecule has 230 valence electrons. The second-order valence-electron chi connectivity index (χ2n) is 8.63. The lowest BCUT2D eigenvalue weighted by molar-refractivity contribution is -0.348. The van der Waals surface area contributed by atoms with E-state index >= 15 is 4.39 Å². The summed E-state index contributed by atoms with van der Waals surface area (Å²) in [5, 5.41) is 1.88. The van der Waals surface area contributed by atoms with Crippen LogP contribution in [0.2, 0.25) is 0 Å². The van der Waals surface area contributed by atoms with Crippen molar-refractivity contribution in [3.63, 3.8) is 0 Å². The normalized spacial score (nSPS) is 14.5. The van der Waals surface area contributed by atoms with E-state index in [9.17, 15) is 57.9 Å². The SMILES string of the molecule is O=C(Nc1c(Br)cc(C(F)(C(F)(F)F)C(F)(F)F)cc1C(F)(F)F)c1cccc(N2OCc3nc(F)ccc3C2=O)c1F. The number of pyridine rings is 1. The number of halogens is 13. The fourth-order valence-corrected chi connectivity index (χ4v) is 4.49. The molecule has 0 atom stereocenters. The third-order valence-electron chi connectivity index (χ3n) is 5.94. The predicted octanol–water partition coefficient (Wildman–Crippen LogP) is 7.77. The molecule has 1 N–H and O–H groups in total. The van der Waals surface area contributed by atoms with Crippen molar-refractivity contribution < 1.29 is 67.1 Å². The summed E-state index contributed by atoms with van der Waals surface area (Å²) in [6.07, 6.45) is -19.3. The van der Waals surface area contributed by atoms with Crippen LogP contribution in [0.1, 0.15) is 37.5 Å². The molecule has 1 aliphatic heterocycles. The molecule has 1 aromatic heterocycles. The molecule has 43 heavy (non-hydrogen) atoms. The highest BCUT2D eigenvalue weighted by Crippen LogP contribution is 2.55. The van der Waals surface area contributed by atoms with Crippen LogP contribution in [0.4, 0.5) is 64.1 Å². The lowest BCUT2D eigenvalue weighted by Crippen LogP contribution is -2.50. The molecule has 0 spiro atoms. The number of benzene rings is 2. The molecule has 1 aliphatic rings. The lowest BCUT2D eigenvalue weighted by atomic mass is 9.92. The maximum Gasteiger partial charge on any atom is 0.435 e. The number of anilines is 2. The van der Waals surface area contributed by atoms with E-state index in [0.29, 0.717) is 11.1 Å². The van der Waals surface area contributed by atoms with Gasteiger partial charge in [0.15, 0.2) is 5.82 Å². The Bertz CT molecular complexity index is 1610. The van der Waals surface area contributed by atoms with Gasteiger partial charge in [-0.05, 0) is 52.3 Å². The van der Waals surface area contributed by atoms with E-state index in [4.69, 9.17) is 4.84 Å². The molecule has 3 aromatic rings. The molecule has 2 amide bonds. The quantitative estimate of drug-likeness (QED) is 0.224. The van der Waals surface area contributed by atoms with Crippen LogP contribution >= 0.6 is 15.9 Å². The Hall–Kier alpha value is -3.87. The number of nitrogens with one attached hydrogen (secondary N) is 1. The zero-order chi connectivity index (χ0) is 32.3. The van der Waals surface area contributed by atoms with Gasteiger partial charge >= 0.3 is 24.2 Å². The van der Waals surface area contributed by atoms with E-state index in [2.05, 4.69) is 20.9 Å². The van der Waals surface area contributed by atoms with E-state index in [1.165, 1.54) is 5.32 Å². The minimum Gasteiger partial charge on any atom is -0.320 e. The summed E-state index contributed by atoms with van der Waals surface area (Å²) in [5.74, 6) is -5.32. The summed E-state index contributed by atoms with van der Waals surface area (Å²) in [7, 11) is 0. The smallest absolute Gasteiger partial charge is 0.320 e. The molecule has 19 heteroatoms. The Morgan fingerprint density at radius 2 is 1.56 bits per heavy atom. The first-order valence-electron chi connectivity index (χ1n) is 11.1. The average Bonchev–Trinajstić information content (AvgIpc) is 2.87. The van der Waals surface area contributed by atoms with Crippen LogP contribution in [0, 0.1) is 11.8 Å².